The van der Waals surface area contributed by atoms with Crippen LogP contribution < -0.4 is 5.32 Å². The van der Waals surface area contributed by atoms with E-state index < -0.39 is 12.3 Å². The zero-order valence-electron chi connectivity index (χ0n) is 19.5. The van der Waals surface area contributed by atoms with Gasteiger partial charge in [-0.2, -0.15) is 5.10 Å². The number of halogens is 3. The molecule has 7 heteroatoms. The van der Waals surface area contributed by atoms with Gasteiger partial charge < -0.3 is 5.32 Å². The number of alkyl halides is 2. The lowest BCUT2D eigenvalue weighted by molar-refractivity contribution is 0.102. The quantitative estimate of drug-likeness (QED) is 0.435. The zero-order valence-corrected chi connectivity index (χ0v) is 19.5. The molecule has 0 saturated heterocycles. The summed E-state index contributed by atoms with van der Waals surface area (Å²) in [6.45, 7) is 7.90. The van der Waals surface area contributed by atoms with Crippen LogP contribution in [0.25, 0.3) is 16.8 Å². The van der Waals surface area contributed by atoms with Crippen LogP contribution in [0.15, 0.2) is 42.6 Å². The predicted molar refractivity (Wildman–Crippen MR) is 127 cm³/mol. The fourth-order valence-electron chi connectivity index (χ4n) is 5.83. The average molecular weight is 466 g/mol. The number of aromatic nitrogens is 2. The van der Waals surface area contributed by atoms with E-state index in [2.05, 4.69) is 15.5 Å². The van der Waals surface area contributed by atoms with Crippen LogP contribution in [0.2, 0.25) is 0 Å². The van der Waals surface area contributed by atoms with E-state index in [1.807, 2.05) is 33.8 Å². The van der Waals surface area contributed by atoms with Gasteiger partial charge in [-0.3, -0.25) is 9.89 Å². The van der Waals surface area contributed by atoms with Gasteiger partial charge in [-0.15, -0.1) is 0 Å². The Balaban J connectivity index is 1.55. The number of H-pyrrole nitrogens is 1. The average Bonchev–Trinajstić information content (AvgIpc) is 3.45. The van der Waals surface area contributed by atoms with Crippen molar-refractivity contribution in [3.63, 3.8) is 0 Å². The van der Waals surface area contributed by atoms with Crippen molar-refractivity contribution in [2.75, 3.05) is 5.32 Å². The van der Waals surface area contributed by atoms with Gasteiger partial charge in [0.25, 0.3) is 12.3 Å². The topological polar surface area (TPSA) is 57.8 Å². The summed E-state index contributed by atoms with van der Waals surface area (Å²) in [5.41, 5.74) is 3.99. The van der Waals surface area contributed by atoms with Gasteiger partial charge in [-0.05, 0) is 52.1 Å². The summed E-state index contributed by atoms with van der Waals surface area (Å²) in [7, 11) is 0. The van der Waals surface area contributed by atoms with Gasteiger partial charge in [-0.25, -0.2) is 13.2 Å². The number of anilines is 1. The summed E-state index contributed by atoms with van der Waals surface area (Å²) in [6, 6.07) is 8.32. The molecule has 2 aliphatic rings. The maximum absolute atomic E-state index is 14.7. The number of rotatable bonds is 4. The summed E-state index contributed by atoms with van der Waals surface area (Å²) in [6.07, 6.45) is 1.11. The maximum Gasteiger partial charge on any atom is 0.264 e. The Morgan fingerprint density at radius 3 is 2.71 bits per heavy atom. The molecule has 4 nitrogen and oxygen atoms in total. The first-order valence-electron chi connectivity index (χ1n) is 11.4. The second kappa shape index (κ2) is 7.86. The Labute approximate surface area is 196 Å². The number of aromatic amines is 1. The molecule has 0 radical (unpaired) electrons. The molecule has 2 N–H and O–H groups in total. The molecule has 34 heavy (non-hydrogen) atoms. The van der Waals surface area contributed by atoms with E-state index in [1.165, 1.54) is 12.3 Å². The summed E-state index contributed by atoms with van der Waals surface area (Å²) < 4.78 is 42.3. The van der Waals surface area contributed by atoms with E-state index in [0.29, 0.717) is 28.1 Å². The molecule has 5 rings (SSSR count). The van der Waals surface area contributed by atoms with Gasteiger partial charge in [0.15, 0.2) is 0 Å². The third-order valence-electron chi connectivity index (χ3n) is 7.12. The van der Waals surface area contributed by atoms with Crippen molar-refractivity contribution in [3.05, 3.63) is 76.2 Å². The number of fused-ring (bicyclic) bond motifs is 2. The molecular formula is C27H26F3N3O. The minimum atomic E-state index is -2.63. The Hall–Kier alpha value is -3.35. The molecule has 3 aromatic rings. The first kappa shape index (κ1) is 22.4. The Morgan fingerprint density at radius 1 is 1.21 bits per heavy atom. The monoisotopic (exact) mass is 465 g/mol. The number of nitrogens with zero attached hydrogens (tertiary/aromatic N) is 1. The van der Waals surface area contributed by atoms with Crippen molar-refractivity contribution in [2.24, 2.45) is 0 Å². The highest BCUT2D eigenvalue weighted by atomic mass is 19.3. The number of carbonyl (C=O) groups excluding carboxylic acids is 1. The minimum Gasteiger partial charge on any atom is -0.322 e. The highest BCUT2D eigenvalue weighted by Gasteiger charge is 2.39. The maximum atomic E-state index is 14.7. The van der Waals surface area contributed by atoms with Crippen LogP contribution in [0.3, 0.4) is 0 Å². The van der Waals surface area contributed by atoms with Crippen molar-refractivity contribution in [1.82, 2.24) is 10.2 Å². The van der Waals surface area contributed by atoms with Gasteiger partial charge in [0.1, 0.15) is 5.82 Å². The predicted octanol–water partition coefficient (Wildman–Crippen LogP) is 7.02. The van der Waals surface area contributed by atoms with E-state index >= 15 is 0 Å². The molecule has 176 valence electrons. The Morgan fingerprint density at radius 2 is 1.97 bits per heavy atom. The largest absolute Gasteiger partial charge is 0.322 e. The van der Waals surface area contributed by atoms with Crippen LogP contribution in [-0.4, -0.2) is 22.5 Å². The standard InChI is InChI=1S/C27H26F3N3O/c1-13-10-17(25(29)30)22-15(13)6-5-7-16(22)24-18(12-31-33-24)26(34)32-20-9-8-19(28)23-21(20)14(2)11-27(23,3)4/h5-10,12-14,25H,11H2,1-4H3,(H,31,33)(H,32,34)/t13?,14-/m1/s1. The van der Waals surface area contributed by atoms with E-state index in [4.69, 9.17) is 0 Å². The van der Waals surface area contributed by atoms with E-state index in [9.17, 15) is 18.0 Å². The summed E-state index contributed by atoms with van der Waals surface area (Å²) >= 11 is 0. The molecular weight excluding hydrogens is 439 g/mol. The minimum absolute atomic E-state index is 0.0357. The molecule has 1 unspecified atom stereocenters. The van der Waals surface area contributed by atoms with Crippen LogP contribution in [0.4, 0.5) is 18.9 Å². The molecule has 0 saturated carbocycles. The van der Waals surface area contributed by atoms with Crippen molar-refractivity contribution in [1.29, 1.82) is 0 Å². The summed E-state index contributed by atoms with van der Waals surface area (Å²) in [5, 5.41) is 9.81. The van der Waals surface area contributed by atoms with Gasteiger partial charge in [0, 0.05) is 22.7 Å². The third kappa shape index (κ3) is 3.37. The fraction of sp³-hybridized carbons (Fsp3) is 0.333. The molecule has 0 spiro atoms. The lowest BCUT2D eigenvalue weighted by Crippen LogP contribution is -2.16. The molecule has 2 aliphatic carbocycles. The van der Waals surface area contributed by atoms with Crippen molar-refractivity contribution in [2.45, 2.75) is 57.8 Å². The summed E-state index contributed by atoms with van der Waals surface area (Å²) in [4.78, 5) is 13.4. The number of hydrogen-bond donors (Lipinski definition) is 2. The Bertz CT molecular complexity index is 1340. The fourth-order valence-corrected chi connectivity index (χ4v) is 5.83. The van der Waals surface area contributed by atoms with Gasteiger partial charge in [0.2, 0.25) is 0 Å². The molecule has 0 bridgehead atoms. The lowest BCUT2D eigenvalue weighted by Gasteiger charge is -2.20. The van der Waals surface area contributed by atoms with Gasteiger partial charge in [-0.1, -0.05) is 52.0 Å². The number of hydrogen-bond acceptors (Lipinski definition) is 2. The molecule has 1 aromatic heterocycles. The number of allylic oxidation sites excluding steroid dienone is 2. The van der Waals surface area contributed by atoms with Crippen LogP contribution >= 0.6 is 0 Å². The van der Waals surface area contributed by atoms with Gasteiger partial charge >= 0.3 is 0 Å². The summed E-state index contributed by atoms with van der Waals surface area (Å²) in [5.74, 6) is -0.768. The second-order valence-corrected chi connectivity index (χ2v) is 9.97. The lowest BCUT2D eigenvalue weighted by atomic mass is 9.85. The van der Waals surface area contributed by atoms with E-state index in [1.54, 1.807) is 24.3 Å². The zero-order chi connectivity index (χ0) is 24.4. The first-order chi connectivity index (χ1) is 16.1. The van der Waals surface area contributed by atoms with Crippen molar-refractivity contribution >= 4 is 17.2 Å². The number of nitrogens with one attached hydrogen (secondary N) is 2. The second-order valence-electron chi connectivity index (χ2n) is 9.97. The molecule has 2 atom stereocenters. The molecule has 2 aromatic carbocycles. The SMILES string of the molecule is CC1C=C(C(F)F)c2c(-c3[nH]ncc3C(=O)Nc3ccc(F)c4c3[C@H](C)CC4(C)C)cccc21. The van der Waals surface area contributed by atoms with Crippen molar-refractivity contribution in [3.8, 4) is 11.3 Å². The van der Waals surface area contributed by atoms with Crippen LogP contribution in [0, 0.1) is 5.82 Å². The van der Waals surface area contributed by atoms with Gasteiger partial charge in [0.05, 0.1) is 17.5 Å². The molecule has 0 fully saturated rings. The number of amides is 1. The molecule has 1 amide bonds. The number of benzene rings is 2. The number of carbonyl (C=O) groups is 1. The molecule has 1 heterocycles. The van der Waals surface area contributed by atoms with E-state index in [-0.39, 0.29) is 34.2 Å². The Kier molecular flexibility index (Phi) is 5.19. The van der Waals surface area contributed by atoms with Crippen LogP contribution in [0.1, 0.15) is 78.6 Å². The van der Waals surface area contributed by atoms with Crippen LogP contribution in [-0.2, 0) is 5.41 Å². The first-order valence-corrected chi connectivity index (χ1v) is 11.4. The highest BCUT2D eigenvalue weighted by molar-refractivity contribution is 6.09. The van der Waals surface area contributed by atoms with E-state index in [0.717, 1.165) is 17.5 Å². The molecule has 0 aliphatic heterocycles. The van der Waals surface area contributed by atoms with Crippen molar-refractivity contribution < 1.29 is 18.0 Å². The third-order valence-corrected chi connectivity index (χ3v) is 7.12. The smallest absolute Gasteiger partial charge is 0.264 e. The highest BCUT2D eigenvalue weighted by Crippen LogP contribution is 2.50. The normalized spacial score (nSPS) is 20.3. The van der Waals surface area contributed by atoms with Crippen LogP contribution in [0.5, 0.6) is 0 Å².